The molecule has 0 atom stereocenters. The van der Waals surface area contributed by atoms with Crippen LogP contribution in [0.3, 0.4) is 0 Å². The van der Waals surface area contributed by atoms with Crippen molar-refractivity contribution in [3.8, 4) is 28.3 Å². The van der Waals surface area contributed by atoms with Gasteiger partial charge in [-0.05, 0) is 48.5 Å². The number of hydrogen-bond donors (Lipinski definition) is 2. The van der Waals surface area contributed by atoms with E-state index in [0.717, 1.165) is 36.4 Å². The molecule has 0 saturated heterocycles. The van der Waals surface area contributed by atoms with Crippen molar-refractivity contribution in [3.63, 3.8) is 0 Å². The number of aryl methyl sites for hydroxylation is 1. The van der Waals surface area contributed by atoms with Crippen LogP contribution in [-0.2, 0) is 13.2 Å². The summed E-state index contributed by atoms with van der Waals surface area (Å²) in [6.45, 7) is 0. The third-order valence-corrected chi connectivity index (χ3v) is 6.03. The highest BCUT2D eigenvalue weighted by molar-refractivity contribution is 6.05. The highest BCUT2D eigenvalue weighted by atomic mass is 19.4. The predicted molar refractivity (Wildman–Crippen MR) is 142 cm³/mol. The molecule has 3 aromatic heterocycles. The molecule has 0 bridgehead atoms. The number of ether oxygens (including phenoxy) is 1. The third kappa shape index (κ3) is 5.54. The maximum atomic E-state index is 15.1. The number of alkyl halides is 3. The molecule has 9 nitrogen and oxygen atoms in total. The van der Waals surface area contributed by atoms with Crippen molar-refractivity contribution < 1.29 is 31.5 Å². The standard InChI is InChI=1S/C28H19F5N6O3/c1-38-14-15(13-36-38)24-22(10-11-35-26(24)34)42-21-8-4-17(12-20(21)30)37-27(41)19-7-9-23(40)39(25(19)28(31,32)33)18-5-2-16(29)3-6-18/h2-14H,1H3,(H2,34,35)(H,37,41). The van der Waals surface area contributed by atoms with Gasteiger partial charge in [0.05, 0.1) is 17.3 Å². The summed E-state index contributed by atoms with van der Waals surface area (Å²) in [6, 6.07) is 9.87. The van der Waals surface area contributed by atoms with Gasteiger partial charge in [0.15, 0.2) is 11.6 Å². The topological polar surface area (TPSA) is 117 Å². The summed E-state index contributed by atoms with van der Waals surface area (Å²) in [4.78, 5) is 29.4. The van der Waals surface area contributed by atoms with Gasteiger partial charge in [-0.1, -0.05) is 0 Å². The van der Waals surface area contributed by atoms with E-state index in [2.05, 4.69) is 15.4 Å². The van der Waals surface area contributed by atoms with Gasteiger partial charge in [0, 0.05) is 48.5 Å². The van der Waals surface area contributed by atoms with Crippen molar-refractivity contribution >= 4 is 17.4 Å². The second-order valence-electron chi connectivity index (χ2n) is 8.92. The number of nitrogen functional groups attached to an aromatic ring is 1. The Morgan fingerprint density at radius 1 is 1.00 bits per heavy atom. The van der Waals surface area contributed by atoms with E-state index in [9.17, 15) is 27.2 Å². The molecule has 42 heavy (non-hydrogen) atoms. The van der Waals surface area contributed by atoms with Gasteiger partial charge in [-0.25, -0.2) is 13.8 Å². The van der Waals surface area contributed by atoms with Crippen LogP contribution in [0.5, 0.6) is 11.5 Å². The molecule has 0 spiro atoms. The SMILES string of the molecule is Cn1cc(-c2c(Oc3ccc(NC(=O)c4ccc(=O)n(-c5ccc(F)cc5)c4C(F)(F)F)cc3F)ccnc2N)cn1. The molecule has 3 N–H and O–H groups in total. The number of aromatic nitrogens is 4. The Bertz CT molecular complexity index is 1870. The van der Waals surface area contributed by atoms with Crippen LogP contribution in [0.15, 0.2) is 84.0 Å². The van der Waals surface area contributed by atoms with E-state index >= 15 is 4.39 Å². The van der Waals surface area contributed by atoms with Crippen LogP contribution in [0, 0.1) is 11.6 Å². The Morgan fingerprint density at radius 3 is 2.38 bits per heavy atom. The largest absolute Gasteiger partial charge is 0.453 e. The summed E-state index contributed by atoms with van der Waals surface area (Å²) in [6.07, 6.45) is -0.628. The minimum absolute atomic E-state index is 0.104. The van der Waals surface area contributed by atoms with Crippen LogP contribution in [0.2, 0.25) is 0 Å². The molecular weight excluding hydrogens is 563 g/mol. The smallest absolute Gasteiger partial charge is 0.432 e. The average molecular weight is 582 g/mol. The van der Waals surface area contributed by atoms with Gasteiger partial charge in [0.2, 0.25) is 0 Å². The maximum Gasteiger partial charge on any atom is 0.432 e. The van der Waals surface area contributed by atoms with E-state index in [0.29, 0.717) is 17.2 Å². The number of benzene rings is 2. The summed E-state index contributed by atoms with van der Waals surface area (Å²) in [5, 5.41) is 6.28. The van der Waals surface area contributed by atoms with Gasteiger partial charge < -0.3 is 15.8 Å². The quantitative estimate of drug-likeness (QED) is 0.254. The van der Waals surface area contributed by atoms with E-state index in [1.807, 2.05) is 0 Å². The second kappa shape index (κ2) is 10.8. The number of nitrogens with zero attached hydrogens (tertiary/aromatic N) is 4. The number of rotatable bonds is 6. The van der Waals surface area contributed by atoms with Gasteiger partial charge >= 0.3 is 6.18 Å². The first-order valence-electron chi connectivity index (χ1n) is 12.0. The summed E-state index contributed by atoms with van der Waals surface area (Å²) in [5.74, 6) is -2.97. The molecule has 214 valence electrons. The van der Waals surface area contributed by atoms with Gasteiger partial charge in [-0.2, -0.15) is 18.3 Å². The number of nitrogens with two attached hydrogens (primary N) is 1. The maximum absolute atomic E-state index is 15.1. The van der Waals surface area contributed by atoms with Gasteiger partial charge in [-0.15, -0.1) is 0 Å². The lowest BCUT2D eigenvalue weighted by Crippen LogP contribution is -2.30. The molecule has 5 aromatic rings. The lowest BCUT2D eigenvalue weighted by molar-refractivity contribution is -0.143. The molecule has 14 heteroatoms. The molecule has 0 aliphatic rings. The Hall–Kier alpha value is -5.53. The second-order valence-corrected chi connectivity index (χ2v) is 8.92. The zero-order chi connectivity index (χ0) is 30.2. The minimum Gasteiger partial charge on any atom is -0.453 e. The number of halogens is 5. The molecule has 1 amide bonds. The molecule has 2 aromatic carbocycles. The van der Waals surface area contributed by atoms with E-state index in [-0.39, 0.29) is 33.3 Å². The zero-order valence-corrected chi connectivity index (χ0v) is 21.5. The molecule has 3 heterocycles. The van der Waals surface area contributed by atoms with E-state index in [1.165, 1.54) is 35.3 Å². The van der Waals surface area contributed by atoms with Crippen LogP contribution < -0.4 is 21.3 Å². The molecular formula is C28H19F5N6O3. The Labute approximate surface area is 233 Å². The normalized spacial score (nSPS) is 11.4. The first kappa shape index (κ1) is 28.0. The molecule has 0 aliphatic heterocycles. The monoisotopic (exact) mass is 582 g/mol. The number of anilines is 2. The first-order chi connectivity index (χ1) is 19.9. The number of carbonyl (C=O) groups excluding carboxylic acids is 1. The van der Waals surface area contributed by atoms with Crippen LogP contribution >= 0.6 is 0 Å². The van der Waals surface area contributed by atoms with Crippen molar-refractivity contribution in [2.45, 2.75) is 6.18 Å². The van der Waals surface area contributed by atoms with Crippen LogP contribution in [0.4, 0.5) is 33.5 Å². The lowest BCUT2D eigenvalue weighted by atomic mass is 10.1. The molecule has 0 saturated carbocycles. The lowest BCUT2D eigenvalue weighted by Gasteiger charge is -2.19. The molecule has 0 aliphatic carbocycles. The number of hydrogen-bond acceptors (Lipinski definition) is 6. The predicted octanol–water partition coefficient (Wildman–Crippen LogP) is 5.56. The summed E-state index contributed by atoms with van der Waals surface area (Å²) >= 11 is 0. The molecule has 5 rings (SSSR count). The highest BCUT2D eigenvalue weighted by Crippen LogP contribution is 2.38. The number of nitrogens with one attached hydrogen (secondary N) is 1. The third-order valence-electron chi connectivity index (χ3n) is 6.03. The fourth-order valence-corrected chi connectivity index (χ4v) is 4.21. The van der Waals surface area contributed by atoms with Crippen molar-refractivity contribution in [1.82, 2.24) is 19.3 Å². The Balaban J connectivity index is 1.45. The Kier molecular flexibility index (Phi) is 7.20. The Morgan fingerprint density at radius 2 is 1.74 bits per heavy atom. The first-order valence-corrected chi connectivity index (χ1v) is 12.0. The molecule has 0 fully saturated rings. The summed E-state index contributed by atoms with van der Waals surface area (Å²) < 4.78 is 78.4. The van der Waals surface area contributed by atoms with Gasteiger partial charge in [0.1, 0.15) is 23.1 Å². The average Bonchev–Trinajstić information content (AvgIpc) is 3.35. The fraction of sp³-hybridized carbons (Fsp3) is 0.0714. The van der Waals surface area contributed by atoms with E-state index < -0.39 is 40.5 Å². The van der Waals surface area contributed by atoms with Gasteiger partial charge in [-0.3, -0.25) is 18.8 Å². The summed E-state index contributed by atoms with van der Waals surface area (Å²) in [5.41, 5.74) is 2.83. The van der Waals surface area contributed by atoms with Crippen molar-refractivity contribution in [2.24, 2.45) is 7.05 Å². The van der Waals surface area contributed by atoms with E-state index in [1.54, 1.807) is 13.2 Å². The highest BCUT2D eigenvalue weighted by Gasteiger charge is 2.39. The van der Waals surface area contributed by atoms with Crippen molar-refractivity contribution in [3.05, 3.63) is 112 Å². The zero-order valence-electron chi connectivity index (χ0n) is 21.5. The van der Waals surface area contributed by atoms with Gasteiger partial charge in [0.25, 0.3) is 11.5 Å². The minimum atomic E-state index is -5.16. The molecule has 0 radical (unpaired) electrons. The fourth-order valence-electron chi connectivity index (χ4n) is 4.21. The van der Waals surface area contributed by atoms with E-state index in [4.69, 9.17) is 10.5 Å². The number of pyridine rings is 2. The number of amides is 1. The molecule has 0 unspecified atom stereocenters. The van der Waals surface area contributed by atoms with Crippen LogP contribution in [0.1, 0.15) is 16.1 Å². The van der Waals surface area contributed by atoms with Crippen molar-refractivity contribution in [2.75, 3.05) is 11.1 Å². The number of carbonyl (C=O) groups is 1. The van der Waals surface area contributed by atoms with Crippen molar-refractivity contribution in [1.29, 1.82) is 0 Å². The van der Waals surface area contributed by atoms with Crippen LogP contribution in [-0.4, -0.2) is 25.2 Å². The van der Waals surface area contributed by atoms with Crippen LogP contribution in [0.25, 0.3) is 16.8 Å². The summed E-state index contributed by atoms with van der Waals surface area (Å²) in [7, 11) is 1.69.